The fourth-order valence-corrected chi connectivity index (χ4v) is 3.50. The Balaban J connectivity index is 1.68. The van der Waals surface area contributed by atoms with Gasteiger partial charge in [-0.1, -0.05) is 19.3 Å². The van der Waals surface area contributed by atoms with Gasteiger partial charge in [0.25, 0.3) is 5.91 Å². The predicted octanol–water partition coefficient (Wildman–Crippen LogP) is 2.07. The zero-order valence-corrected chi connectivity index (χ0v) is 11.0. The number of rotatable bonds is 1. The first-order valence-corrected chi connectivity index (χ1v) is 7.02. The van der Waals surface area contributed by atoms with Crippen molar-refractivity contribution < 1.29 is 4.79 Å². The largest absolute Gasteiger partial charge is 0.338 e. The molecule has 2 heterocycles. The molecule has 2 atom stereocenters. The number of aryl methyl sites for hydroxylation is 1. The molecular weight excluding hydrogens is 226 g/mol. The number of likely N-dealkylation sites (tertiary alicyclic amines) is 1. The van der Waals surface area contributed by atoms with Gasteiger partial charge in [-0.15, -0.1) is 0 Å². The van der Waals surface area contributed by atoms with Crippen LogP contribution in [0.5, 0.6) is 0 Å². The third-order valence-electron chi connectivity index (χ3n) is 4.53. The van der Waals surface area contributed by atoms with E-state index in [2.05, 4.69) is 5.10 Å². The van der Waals surface area contributed by atoms with Gasteiger partial charge >= 0.3 is 0 Å². The summed E-state index contributed by atoms with van der Waals surface area (Å²) in [5.74, 6) is 1.77. The Morgan fingerprint density at radius 3 is 2.78 bits per heavy atom. The van der Waals surface area contributed by atoms with E-state index in [1.165, 1.54) is 32.1 Å². The van der Waals surface area contributed by atoms with E-state index in [9.17, 15) is 4.79 Å². The molecule has 0 unspecified atom stereocenters. The monoisotopic (exact) mass is 247 g/mol. The highest BCUT2D eigenvalue weighted by Gasteiger charge is 2.33. The second kappa shape index (κ2) is 4.75. The van der Waals surface area contributed by atoms with Crippen LogP contribution in [0.3, 0.4) is 0 Å². The van der Waals surface area contributed by atoms with Crippen LogP contribution in [0.1, 0.15) is 42.5 Å². The molecule has 0 aromatic carbocycles. The first kappa shape index (κ1) is 11.8. The molecule has 4 heteroatoms. The minimum Gasteiger partial charge on any atom is -0.338 e. The van der Waals surface area contributed by atoms with E-state index in [1.54, 1.807) is 10.9 Å². The van der Waals surface area contributed by atoms with Crippen LogP contribution in [0.4, 0.5) is 0 Å². The van der Waals surface area contributed by atoms with Crippen molar-refractivity contribution in [3.63, 3.8) is 0 Å². The van der Waals surface area contributed by atoms with Crippen LogP contribution in [-0.2, 0) is 7.05 Å². The molecule has 1 aromatic heterocycles. The summed E-state index contributed by atoms with van der Waals surface area (Å²) in [5, 5.41) is 4.08. The van der Waals surface area contributed by atoms with Crippen LogP contribution in [0, 0.1) is 11.8 Å². The molecule has 2 aliphatic rings. The van der Waals surface area contributed by atoms with Gasteiger partial charge in [0.15, 0.2) is 0 Å². The molecule has 1 saturated heterocycles. The summed E-state index contributed by atoms with van der Waals surface area (Å²) in [7, 11) is 1.85. The molecule has 1 saturated carbocycles. The average molecular weight is 247 g/mol. The molecule has 2 fully saturated rings. The first-order chi connectivity index (χ1) is 8.74. The molecule has 98 valence electrons. The Labute approximate surface area is 108 Å². The molecular formula is C14H21N3O. The maximum Gasteiger partial charge on any atom is 0.257 e. The van der Waals surface area contributed by atoms with Crippen molar-refractivity contribution in [2.24, 2.45) is 18.9 Å². The number of hydrogen-bond donors (Lipinski definition) is 0. The van der Waals surface area contributed by atoms with E-state index in [1.807, 2.05) is 18.1 Å². The highest BCUT2D eigenvalue weighted by Crippen LogP contribution is 2.36. The van der Waals surface area contributed by atoms with Crippen molar-refractivity contribution >= 4 is 5.91 Å². The average Bonchev–Trinajstić information content (AvgIpc) is 2.84. The third-order valence-corrected chi connectivity index (χ3v) is 4.53. The number of nitrogens with zero attached hydrogens (tertiary/aromatic N) is 3. The van der Waals surface area contributed by atoms with Gasteiger partial charge in [0.1, 0.15) is 0 Å². The SMILES string of the molecule is Cn1cc(C(=O)N2CC[C@H]3CCCC[C@@H]3C2)cn1. The summed E-state index contributed by atoms with van der Waals surface area (Å²) in [6.07, 6.45) is 10.1. The lowest BCUT2D eigenvalue weighted by atomic mass is 9.75. The molecule has 0 bridgehead atoms. The van der Waals surface area contributed by atoms with Gasteiger partial charge in [-0.3, -0.25) is 9.48 Å². The Morgan fingerprint density at radius 2 is 2.06 bits per heavy atom. The number of fused-ring (bicyclic) bond motifs is 1. The van der Waals surface area contributed by atoms with Crippen molar-refractivity contribution in [1.29, 1.82) is 0 Å². The summed E-state index contributed by atoms with van der Waals surface area (Å²) in [5.41, 5.74) is 0.728. The standard InChI is InChI=1S/C14H21N3O/c1-16-9-13(8-15-16)14(18)17-7-6-11-4-2-3-5-12(11)10-17/h8-9,11-12H,2-7,10H2,1H3/t11-,12-/m1/s1. The third kappa shape index (κ3) is 2.16. The Hall–Kier alpha value is -1.32. The van der Waals surface area contributed by atoms with E-state index in [4.69, 9.17) is 0 Å². The van der Waals surface area contributed by atoms with E-state index in [-0.39, 0.29) is 5.91 Å². The van der Waals surface area contributed by atoms with E-state index >= 15 is 0 Å². The number of aromatic nitrogens is 2. The maximum absolute atomic E-state index is 12.4. The zero-order chi connectivity index (χ0) is 12.5. The van der Waals surface area contributed by atoms with E-state index in [0.717, 1.165) is 30.5 Å². The molecule has 1 aliphatic carbocycles. The number of amides is 1. The van der Waals surface area contributed by atoms with Crippen molar-refractivity contribution in [3.8, 4) is 0 Å². The highest BCUT2D eigenvalue weighted by molar-refractivity contribution is 5.93. The number of hydrogen-bond acceptors (Lipinski definition) is 2. The van der Waals surface area contributed by atoms with Gasteiger partial charge in [0.2, 0.25) is 0 Å². The second-order valence-electron chi connectivity index (χ2n) is 5.75. The molecule has 3 rings (SSSR count). The minimum absolute atomic E-state index is 0.159. The number of carbonyl (C=O) groups is 1. The molecule has 0 spiro atoms. The Kier molecular flexibility index (Phi) is 3.10. The van der Waals surface area contributed by atoms with Gasteiger partial charge in [-0.05, 0) is 24.7 Å². The van der Waals surface area contributed by atoms with Crippen LogP contribution in [0.15, 0.2) is 12.4 Å². The van der Waals surface area contributed by atoms with Crippen LogP contribution >= 0.6 is 0 Å². The minimum atomic E-state index is 0.159. The van der Waals surface area contributed by atoms with Gasteiger partial charge in [0, 0.05) is 26.3 Å². The molecule has 0 radical (unpaired) electrons. The molecule has 18 heavy (non-hydrogen) atoms. The van der Waals surface area contributed by atoms with Crippen LogP contribution in [0.25, 0.3) is 0 Å². The lowest BCUT2D eigenvalue weighted by Crippen LogP contribution is -2.44. The summed E-state index contributed by atoms with van der Waals surface area (Å²) < 4.78 is 1.70. The van der Waals surface area contributed by atoms with Crippen molar-refractivity contribution in [1.82, 2.24) is 14.7 Å². The Bertz CT molecular complexity index is 440. The van der Waals surface area contributed by atoms with Gasteiger partial charge in [-0.2, -0.15) is 5.10 Å². The number of carbonyl (C=O) groups excluding carboxylic acids is 1. The normalized spacial score (nSPS) is 27.9. The second-order valence-corrected chi connectivity index (χ2v) is 5.75. The fraction of sp³-hybridized carbons (Fsp3) is 0.714. The number of piperidine rings is 1. The summed E-state index contributed by atoms with van der Waals surface area (Å²) in [4.78, 5) is 14.4. The lowest BCUT2D eigenvalue weighted by molar-refractivity contribution is 0.0521. The molecule has 1 amide bonds. The lowest BCUT2D eigenvalue weighted by Gasteiger charge is -2.41. The molecule has 4 nitrogen and oxygen atoms in total. The maximum atomic E-state index is 12.4. The zero-order valence-electron chi connectivity index (χ0n) is 11.0. The van der Waals surface area contributed by atoms with Crippen LogP contribution in [-0.4, -0.2) is 33.7 Å². The highest BCUT2D eigenvalue weighted by atomic mass is 16.2. The summed E-state index contributed by atoms with van der Waals surface area (Å²) in [6.45, 7) is 1.88. The smallest absolute Gasteiger partial charge is 0.257 e. The van der Waals surface area contributed by atoms with Crippen molar-refractivity contribution in [2.45, 2.75) is 32.1 Å². The summed E-state index contributed by atoms with van der Waals surface area (Å²) >= 11 is 0. The van der Waals surface area contributed by atoms with Gasteiger partial charge in [0.05, 0.1) is 11.8 Å². The van der Waals surface area contributed by atoms with E-state index < -0.39 is 0 Å². The van der Waals surface area contributed by atoms with Crippen molar-refractivity contribution in [2.75, 3.05) is 13.1 Å². The summed E-state index contributed by atoms with van der Waals surface area (Å²) in [6, 6.07) is 0. The molecule has 1 aromatic rings. The molecule has 1 aliphatic heterocycles. The van der Waals surface area contributed by atoms with E-state index in [0.29, 0.717) is 0 Å². The quantitative estimate of drug-likeness (QED) is 0.762. The topological polar surface area (TPSA) is 38.1 Å². The van der Waals surface area contributed by atoms with Crippen LogP contribution in [0.2, 0.25) is 0 Å². The predicted molar refractivity (Wildman–Crippen MR) is 69.2 cm³/mol. The first-order valence-electron chi connectivity index (χ1n) is 7.02. The van der Waals surface area contributed by atoms with Crippen molar-refractivity contribution in [3.05, 3.63) is 18.0 Å². The van der Waals surface area contributed by atoms with Crippen LogP contribution < -0.4 is 0 Å². The molecule has 0 N–H and O–H groups in total. The fourth-order valence-electron chi connectivity index (χ4n) is 3.50. The van der Waals surface area contributed by atoms with Gasteiger partial charge < -0.3 is 4.90 Å². The Morgan fingerprint density at radius 1 is 1.28 bits per heavy atom. The van der Waals surface area contributed by atoms with Gasteiger partial charge in [-0.25, -0.2) is 0 Å².